The third-order valence-corrected chi connectivity index (χ3v) is 3.26. The molecule has 2 aromatic rings. The lowest BCUT2D eigenvalue weighted by Gasteiger charge is -2.12. The van der Waals surface area contributed by atoms with Crippen LogP contribution in [0.5, 0.6) is 0 Å². The number of hydrogen-bond acceptors (Lipinski definition) is 6. The predicted molar refractivity (Wildman–Crippen MR) is 55.6 cm³/mol. The number of tetrazole rings is 1. The first-order chi connectivity index (χ1) is 7.16. The molecule has 0 radical (unpaired) electrons. The summed E-state index contributed by atoms with van der Waals surface area (Å²) >= 11 is 1.49. The molecule has 0 spiro atoms. The molecule has 0 saturated heterocycles. The maximum atomic E-state index is 9.36. The number of thioether (sulfide) groups is 1. The van der Waals surface area contributed by atoms with Crippen LogP contribution in [0.1, 0.15) is 13.8 Å². The van der Waals surface area contributed by atoms with Crippen molar-refractivity contribution < 1.29 is 5.11 Å². The van der Waals surface area contributed by atoms with Crippen molar-refractivity contribution in [3.63, 3.8) is 0 Å². The zero-order valence-corrected chi connectivity index (χ0v) is 9.22. The number of rotatable bonds is 3. The zero-order chi connectivity index (χ0) is 10.8. The monoisotopic (exact) mass is 225 g/mol. The minimum Gasteiger partial charge on any atom is -0.392 e. The Labute approximate surface area is 90.7 Å². The van der Waals surface area contributed by atoms with Crippen LogP contribution in [0.25, 0.3) is 5.65 Å². The summed E-state index contributed by atoms with van der Waals surface area (Å²) in [5.41, 5.74) is 0.615. The number of hydrogen-bond donors (Lipinski definition) is 1. The number of aliphatic hydroxyl groups excluding tert-OH is 1. The standard InChI is InChI=1S/C8H11N5OS/c1-5(14)6(2)15-8-4-3-7-9-11-12-13(7)10-8/h3-6,14H,1-2H3. The summed E-state index contributed by atoms with van der Waals surface area (Å²) in [6, 6.07) is 3.64. The normalized spacial score (nSPS) is 15.4. The van der Waals surface area contributed by atoms with Gasteiger partial charge in [-0.25, -0.2) is 0 Å². The number of aliphatic hydroxyl groups is 1. The lowest BCUT2D eigenvalue weighted by molar-refractivity contribution is 0.196. The van der Waals surface area contributed by atoms with Crippen LogP contribution in [-0.4, -0.2) is 41.7 Å². The van der Waals surface area contributed by atoms with Gasteiger partial charge in [0.2, 0.25) is 0 Å². The molecule has 7 heteroatoms. The zero-order valence-electron chi connectivity index (χ0n) is 8.40. The lowest BCUT2D eigenvalue weighted by Crippen LogP contribution is -2.15. The van der Waals surface area contributed by atoms with Gasteiger partial charge in [0.1, 0.15) is 5.03 Å². The van der Waals surface area contributed by atoms with Crippen LogP contribution in [0.2, 0.25) is 0 Å². The smallest absolute Gasteiger partial charge is 0.200 e. The highest BCUT2D eigenvalue weighted by molar-refractivity contribution is 7.99. The third-order valence-electron chi connectivity index (χ3n) is 2.03. The first-order valence-electron chi connectivity index (χ1n) is 4.57. The fourth-order valence-electron chi connectivity index (χ4n) is 0.985. The van der Waals surface area contributed by atoms with Crippen molar-refractivity contribution in [2.24, 2.45) is 0 Å². The molecular weight excluding hydrogens is 214 g/mol. The highest BCUT2D eigenvalue weighted by atomic mass is 32.2. The number of nitrogens with zero attached hydrogens (tertiary/aromatic N) is 5. The fraction of sp³-hybridized carbons (Fsp3) is 0.500. The van der Waals surface area contributed by atoms with Gasteiger partial charge in [-0.1, -0.05) is 18.7 Å². The molecule has 2 atom stereocenters. The van der Waals surface area contributed by atoms with Crippen LogP contribution in [0.4, 0.5) is 0 Å². The van der Waals surface area contributed by atoms with Crippen molar-refractivity contribution in [1.29, 1.82) is 0 Å². The van der Waals surface area contributed by atoms with Crippen molar-refractivity contribution in [2.75, 3.05) is 0 Å². The molecule has 2 aromatic heterocycles. The van der Waals surface area contributed by atoms with Crippen LogP contribution >= 0.6 is 11.8 Å². The molecule has 2 rings (SSSR count). The van der Waals surface area contributed by atoms with Crippen LogP contribution < -0.4 is 0 Å². The van der Waals surface area contributed by atoms with E-state index in [4.69, 9.17) is 0 Å². The number of aromatic nitrogens is 5. The van der Waals surface area contributed by atoms with Gasteiger partial charge in [-0.2, -0.15) is 0 Å². The molecular formula is C8H11N5OS. The van der Waals surface area contributed by atoms with Crippen molar-refractivity contribution in [1.82, 2.24) is 25.3 Å². The molecule has 0 aliphatic carbocycles. The topological polar surface area (TPSA) is 76.2 Å². The summed E-state index contributed by atoms with van der Waals surface area (Å²) in [5, 5.41) is 25.4. The summed E-state index contributed by atoms with van der Waals surface area (Å²) in [7, 11) is 0. The Kier molecular flexibility index (Phi) is 2.83. The maximum absolute atomic E-state index is 9.36. The average molecular weight is 225 g/mol. The van der Waals surface area contributed by atoms with Crippen molar-refractivity contribution in [3.05, 3.63) is 12.1 Å². The Balaban J connectivity index is 2.21. The minimum atomic E-state index is -0.374. The molecule has 2 unspecified atom stereocenters. The van der Waals surface area contributed by atoms with E-state index in [1.807, 2.05) is 13.0 Å². The predicted octanol–water partition coefficient (Wildman–Crippen LogP) is 0.381. The molecule has 0 saturated carbocycles. The molecule has 0 aliphatic heterocycles. The van der Waals surface area contributed by atoms with E-state index in [-0.39, 0.29) is 11.4 Å². The van der Waals surface area contributed by atoms with E-state index >= 15 is 0 Å². The van der Waals surface area contributed by atoms with Gasteiger partial charge in [-0.05, 0) is 29.5 Å². The van der Waals surface area contributed by atoms with Crippen LogP contribution in [0.3, 0.4) is 0 Å². The van der Waals surface area contributed by atoms with Gasteiger partial charge in [0.05, 0.1) is 6.10 Å². The first-order valence-corrected chi connectivity index (χ1v) is 5.45. The van der Waals surface area contributed by atoms with E-state index in [0.29, 0.717) is 5.65 Å². The Hall–Kier alpha value is -1.21. The largest absolute Gasteiger partial charge is 0.392 e. The highest BCUT2D eigenvalue weighted by Gasteiger charge is 2.11. The van der Waals surface area contributed by atoms with Crippen molar-refractivity contribution >= 4 is 17.4 Å². The lowest BCUT2D eigenvalue weighted by atomic mass is 10.3. The highest BCUT2D eigenvalue weighted by Crippen LogP contribution is 2.22. The molecule has 0 amide bonds. The van der Waals surface area contributed by atoms with Crippen molar-refractivity contribution in [2.45, 2.75) is 30.2 Å². The van der Waals surface area contributed by atoms with Gasteiger partial charge >= 0.3 is 0 Å². The van der Waals surface area contributed by atoms with Gasteiger partial charge in [0.25, 0.3) is 0 Å². The Morgan fingerprint density at radius 3 is 2.93 bits per heavy atom. The summed E-state index contributed by atoms with van der Waals surface area (Å²) in [4.78, 5) is 0. The summed E-state index contributed by atoms with van der Waals surface area (Å²) < 4.78 is 1.37. The average Bonchev–Trinajstić information content (AvgIpc) is 2.64. The van der Waals surface area contributed by atoms with Crippen LogP contribution in [0.15, 0.2) is 17.2 Å². The Bertz CT molecular complexity index is 457. The number of fused-ring (bicyclic) bond motifs is 1. The van der Waals surface area contributed by atoms with E-state index < -0.39 is 0 Å². The van der Waals surface area contributed by atoms with E-state index in [0.717, 1.165) is 5.03 Å². The van der Waals surface area contributed by atoms with Gasteiger partial charge in [0, 0.05) is 5.25 Å². The Morgan fingerprint density at radius 1 is 1.40 bits per heavy atom. The minimum absolute atomic E-state index is 0.0893. The van der Waals surface area contributed by atoms with E-state index in [1.54, 1.807) is 13.0 Å². The maximum Gasteiger partial charge on any atom is 0.200 e. The first kappa shape index (κ1) is 10.3. The van der Waals surface area contributed by atoms with Gasteiger partial charge in [0.15, 0.2) is 5.65 Å². The van der Waals surface area contributed by atoms with Crippen LogP contribution in [-0.2, 0) is 0 Å². The second-order valence-electron chi connectivity index (χ2n) is 3.26. The molecule has 0 aromatic carbocycles. The molecule has 1 N–H and O–H groups in total. The van der Waals surface area contributed by atoms with E-state index in [1.165, 1.54) is 16.4 Å². The van der Waals surface area contributed by atoms with Gasteiger partial charge in [-0.15, -0.1) is 14.8 Å². The molecule has 2 heterocycles. The van der Waals surface area contributed by atoms with Gasteiger partial charge in [-0.3, -0.25) is 0 Å². The second kappa shape index (κ2) is 4.11. The van der Waals surface area contributed by atoms with Crippen LogP contribution in [0, 0.1) is 0 Å². The van der Waals surface area contributed by atoms with E-state index in [2.05, 4.69) is 20.6 Å². The summed E-state index contributed by atoms with van der Waals surface area (Å²) in [6.45, 7) is 3.70. The van der Waals surface area contributed by atoms with E-state index in [9.17, 15) is 5.11 Å². The SMILES string of the molecule is CC(O)C(C)Sc1ccc2nnnn2n1. The van der Waals surface area contributed by atoms with Gasteiger partial charge < -0.3 is 5.11 Å². The fourth-order valence-corrected chi connectivity index (χ4v) is 1.83. The van der Waals surface area contributed by atoms with Crippen molar-refractivity contribution in [3.8, 4) is 0 Å². The third kappa shape index (κ3) is 2.24. The summed E-state index contributed by atoms with van der Waals surface area (Å²) in [6.07, 6.45) is -0.374. The summed E-state index contributed by atoms with van der Waals surface area (Å²) in [5.74, 6) is 0. The Morgan fingerprint density at radius 2 is 2.20 bits per heavy atom. The molecule has 6 nitrogen and oxygen atoms in total. The second-order valence-corrected chi connectivity index (χ2v) is 4.66. The molecule has 0 bridgehead atoms. The molecule has 80 valence electrons. The molecule has 0 aliphatic rings. The molecule has 0 fully saturated rings. The quantitative estimate of drug-likeness (QED) is 0.761. The molecule has 15 heavy (non-hydrogen) atoms.